The Morgan fingerprint density at radius 2 is 1.70 bits per heavy atom. The van der Waals surface area contributed by atoms with Gasteiger partial charge < -0.3 is 19.5 Å². The van der Waals surface area contributed by atoms with Crippen LogP contribution in [0.2, 0.25) is 5.02 Å². The zero-order valence-electron chi connectivity index (χ0n) is 16.5. The molecule has 1 heterocycles. The molecule has 5 nitrogen and oxygen atoms in total. The number of aromatic carboxylic acids is 1. The summed E-state index contributed by atoms with van der Waals surface area (Å²) in [7, 11) is 1.50. The van der Waals surface area contributed by atoms with Crippen molar-refractivity contribution in [1.29, 1.82) is 0 Å². The summed E-state index contributed by atoms with van der Waals surface area (Å²) in [6.45, 7) is 1.80. The number of nitrogens with zero attached hydrogens (tertiary/aromatic N) is 1. The first-order valence-corrected chi connectivity index (χ1v) is 10.1. The van der Waals surface area contributed by atoms with Crippen LogP contribution in [0.3, 0.4) is 0 Å². The summed E-state index contributed by atoms with van der Waals surface area (Å²) in [5.74, 6) is 1.26. The number of rotatable bonds is 6. The second kappa shape index (κ2) is 8.67. The van der Waals surface area contributed by atoms with E-state index in [1.807, 2.05) is 36.4 Å². The summed E-state index contributed by atoms with van der Waals surface area (Å²) >= 11 is 5.91. The molecule has 1 unspecified atom stereocenters. The van der Waals surface area contributed by atoms with Crippen LogP contribution in [0.25, 0.3) is 0 Å². The molecular formula is C24H22ClNO4. The average molecular weight is 424 g/mol. The third-order valence-corrected chi connectivity index (χ3v) is 5.62. The Bertz CT molecular complexity index is 1030. The van der Waals surface area contributed by atoms with Crippen LogP contribution in [0, 0.1) is 0 Å². The van der Waals surface area contributed by atoms with Gasteiger partial charge in [0.2, 0.25) is 0 Å². The van der Waals surface area contributed by atoms with Crippen LogP contribution in [0.15, 0.2) is 66.7 Å². The van der Waals surface area contributed by atoms with Crippen LogP contribution in [0.1, 0.15) is 28.3 Å². The zero-order valence-corrected chi connectivity index (χ0v) is 17.3. The third-order valence-electron chi connectivity index (χ3n) is 5.37. The van der Waals surface area contributed by atoms with Gasteiger partial charge in [0, 0.05) is 29.7 Å². The van der Waals surface area contributed by atoms with Gasteiger partial charge in [-0.25, -0.2) is 4.79 Å². The number of carbonyl (C=O) groups is 1. The quantitative estimate of drug-likeness (QED) is 0.540. The summed E-state index contributed by atoms with van der Waals surface area (Å²) in [6.07, 6.45) is 0.999. The van der Waals surface area contributed by atoms with Crippen LogP contribution < -0.4 is 14.4 Å². The molecule has 4 rings (SSSR count). The number of carboxylic acid groups (broad SMARTS) is 1. The number of methoxy groups -OCH3 is 1. The SMILES string of the molecule is COc1cc(C2CCN(c3ccc(Oc4ccc(Cl)cc4)cc3)C2)ccc1C(=O)O. The van der Waals surface area contributed by atoms with E-state index in [4.69, 9.17) is 21.1 Å². The van der Waals surface area contributed by atoms with E-state index in [1.165, 1.54) is 7.11 Å². The van der Waals surface area contributed by atoms with Gasteiger partial charge in [-0.05, 0) is 72.6 Å². The van der Waals surface area contributed by atoms with E-state index in [0.29, 0.717) is 16.7 Å². The van der Waals surface area contributed by atoms with E-state index in [1.54, 1.807) is 18.2 Å². The number of benzene rings is 3. The van der Waals surface area contributed by atoms with Gasteiger partial charge in [0.15, 0.2) is 0 Å². The average Bonchev–Trinajstić information content (AvgIpc) is 3.25. The molecule has 1 N–H and O–H groups in total. The molecule has 1 atom stereocenters. The Morgan fingerprint density at radius 1 is 1.03 bits per heavy atom. The standard InChI is InChI=1S/C24H22ClNO4/c1-29-23-14-16(2-11-22(23)24(27)28)17-12-13-26(15-17)19-5-9-21(10-6-19)30-20-7-3-18(25)4-8-20/h2-11,14,17H,12-13,15H2,1H3,(H,27,28). The number of hydrogen-bond acceptors (Lipinski definition) is 4. The molecule has 0 radical (unpaired) electrons. The molecule has 1 aliphatic rings. The van der Waals surface area contributed by atoms with Crippen molar-refractivity contribution in [2.45, 2.75) is 12.3 Å². The van der Waals surface area contributed by atoms with Crippen molar-refractivity contribution in [3.63, 3.8) is 0 Å². The molecule has 0 aromatic heterocycles. The van der Waals surface area contributed by atoms with Crippen molar-refractivity contribution in [2.24, 2.45) is 0 Å². The monoisotopic (exact) mass is 423 g/mol. The Hall–Kier alpha value is -3.18. The van der Waals surface area contributed by atoms with E-state index < -0.39 is 5.97 Å². The predicted octanol–water partition coefficient (Wildman–Crippen LogP) is 5.83. The smallest absolute Gasteiger partial charge is 0.339 e. The van der Waals surface area contributed by atoms with E-state index >= 15 is 0 Å². The molecule has 154 valence electrons. The van der Waals surface area contributed by atoms with Crippen molar-refractivity contribution in [1.82, 2.24) is 0 Å². The second-order valence-electron chi connectivity index (χ2n) is 7.25. The molecule has 0 saturated carbocycles. The highest BCUT2D eigenvalue weighted by Gasteiger charge is 2.25. The van der Waals surface area contributed by atoms with Gasteiger partial charge in [-0.1, -0.05) is 17.7 Å². The van der Waals surface area contributed by atoms with Crippen LogP contribution in [0.4, 0.5) is 5.69 Å². The minimum atomic E-state index is -0.979. The van der Waals surface area contributed by atoms with E-state index in [9.17, 15) is 9.90 Å². The number of halogens is 1. The van der Waals surface area contributed by atoms with Crippen LogP contribution in [0.5, 0.6) is 17.2 Å². The minimum Gasteiger partial charge on any atom is -0.496 e. The van der Waals surface area contributed by atoms with Crippen molar-refractivity contribution in [2.75, 3.05) is 25.1 Å². The van der Waals surface area contributed by atoms with Crippen molar-refractivity contribution < 1.29 is 19.4 Å². The van der Waals surface area contributed by atoms with Gasteiger partial charge in [0.1, 0.15) is 22.8 Å². The van der Waals surface area contributed by atoms with Crippen LogP contribution in [-0.4, -0.2) is 31.3 Å². The first-order valence-electron chi connectivity index (χ1n) is 9.73. The maximum absolute atomic E-state index is 11.3. The normalized spacial score (nSPS) is 15.8. The van der Waals surface area contributed by atoms with Gasteiger partial charge in [-0.3, -0.25) is 0 Å². The van der Waals surface area contributed by atoms with Crippen LogP contribution >= 0.6 is 11.6 Å². The summed E-state index contributed by atoms with van der Waals surface area (Å²) in [6, 6.07) is 20.7. The molecule has 0 spiro atoms. The van der Waals surface area contributed by atoms with E-state index in [-0.39, 0.29) is 5.56 Å². The summed E-state index contributed by atoms with van der Waals surface area (Å²) in [4.78, 5) is 13.6. The molecule has 3 aromatic carbocycles. The Balaban J connectivity index is 1.43. The fourth-order valence-corrected chi connectivity index (χ4v) is 3.89. The lowest BCUT2D eigenvalue weighted by atomic mass is 9.96. The number of ether oxygens (including phenoxy) is 2. The Labute approximate surface area is 180 Å². The van der Waals surface area contributed by atoms with E-state index in [0.717, 1.165) is 42.3 Å². The molecule has 0 aliphatic carbocycles. The summed E-state index contributed by atoms with van der Waals surface area (Å²) < 4.78 is 11.1. The summed E-state index contributed by atoms with van der Waals surface area (Å²) in [5.41, 5.74) is 2.42. The highest BCUT2D eigenvalue weighted by molar-refractivity contribution is 6.30. The fraction of sp³-hybridized carbons (Fsp3) is 0.208. The fourth-order valence-electron chi connectivity index (χ4n) is 3.77. The van der Waals surface area contributed by atoms with Gasteiger partial charge in [-0.2, -0.15) is 0 Å². The summed E-state index contributed by atoms with van der Waals surface area (Å²) in [5, 5.41) is 9.94. The number of anilines is 1. The molecule has 30 heavy (non-hydrogen) atoms. The zero-order chi connectivity index (χ0) is 21.1. The van der Waals surface area contributed by atoms with Crippen molar-refractivity contribution in [3.8, 4) is 17.2 Å². The van der Waals surface area contributed by atoms with Gasteiger partial charge in [-0.15, -0.1) is 0 Å². The highest BCUT2D eigenvalue weighted by Crippen LogP contribution is 2.34. The van der Waals surface area contributed by atoms with Gasteiger partial charge in [0.05, 0.1) is 7.11 Å². The van der Waals surface area contributed by atoms with Crippen LogP contribution in [-0.2, 0) is 0 Å². The Morgan fingerprint density at radius 3 is 2.33 bits per heavy atom. The molecule has 0 bridgehead atoms. The molecule has 6 heteroatoms. The molecule has 1 saturated heterocycles. The molecule has 3 aromatic rings. The lowest BCUT2D eigenvalue weighted by molar-refractivity contribution is 0.0693. The lowest BCUT2D eigenvalue weighted by Crippen LogP contribution is -2.19. The number of carboxylic acids is 1. The van der Waals surface area contributed by atoms with Crippen molar-refractivity contribution >= 4 is 23.3 Å². The number of hydrogen-bond donors (Lipinski definition) is 1. The van der Waals surface area contributed by atoms with Crippen molar-refractivity contribution in [3.05, 3.63) is 82.9 Å². The third kappa shape index (κ3) is 4.36. The lowest BCUT2D eigenvalue weighted by Gasteiger charge is -2.19. The van der Waals surface area contributed by atoms with Gasteiger partial charge >= 0.3 is 5.97 Å². The minimum absolute atomic E-state index is 0.187. The maximum Gasteiger partial charge on any atom is 0.339 e. The molecule has 1 aliphatic heterocycles. The highest BCUT2D eigenvalue weighted by atomic mass is 35.5. The van der Waals surface area contributed by atoms with E-state index in [2.05, 4.69) is 17.0 Å². The molecule has 1 fully saturated rings. The largest absolute Gasteiger partial charge is 0.496 e. The Kier molecular flexibility index (Phi) is 5.81. The second-order valence-corrected chi connectivity index (χ2v) is 7.68. The molecule has 0 amide bonds. The predicted molar refractivity (Wildman–Crippen MR) is 117 cm³/mol. The maximum atomic E-state index is 11.3. The first-order chi connectivity index (χ1) is 14.5. The first kappa shape index (κ1) is 20.1. The molecular weight excluding hydrogens is 402 g/mol. The van der Waals surface area contributed by atoms with Gasteiger partial charge in [0.25, 0.3) is 0 Å². The topological polar surface area (TPSA) is 59.0 Å².